The summed E-state index contributed by atoms with van der Waals surface area (Å²) in [5, 5.41) is 2.80. The van der Waals surface area contributed by atoms with Gasteiger partial charge in [0.25, 0.3) is 0 Å². The summed E-state index contributed by atoms with van der Waals surface area (Å²) in [5.41, 5.74) is 2.24. The summed E-state index contributed by atoms with van der Waals surface area (Å²) >= 11 is 1.60. The number of carbonyl (C=O) groups excluding carboxylic acids is 2. The Kier molecular flexibility index (Phi) is 3.43. The van der Waals surface area contributed by atoms with Crippen LogP contribution in [0.5, 0.6) is 0 Å². The van der Waals surface area contributed by atoms with Crippen molar-refractivity contribution >= 4 is 40.6 Å². The minimum absolute atomic E-state index is 0.0817. The second-order valence-corrected chi connectivity index (χ2v) is 5.84. The molecule has 0 spiro atoms. The summed E-state index contributed by atoms with van der Waals surface area (Å²) in [5.74, 6) is -0.238. The highest BCUT2D eigenvalue weighted by atomic mass is 32.2. The molecule has 0 fully saturated rings. The zero-order chi connectivity index (χ0) is 15.0. The highest BCUT2D eigenvalue weighted by Gasteiger charge is 2.28. The molecule has 5 heteroatoms. The van der Waals surface area contributed by atoms with Gasteiger partial charge in [-0.1, -0.05) is 30.0 Å². The predicted octanol–water partition coefficient (Wildman–Crippen LogP) is 3.79. The van der Waals surface area contributed by atoms with Crippen LogP contribution < -0.4 is 10.2 Å². The summed E-state index contributed by atoms with van der Waals surface area (Å²) in [6.45, 7) is 2.99. The van der Waals surface area contributed by atoms with Gasteiger partial charge in [0.15, 0.2) is 0 Å². The first-order valence-electron chi connectivity index (χ1n) is 6.56. The van der Waals surface area contributed by atoms with Crippen LogP contribution >= 0.6 is 11.8 Å². The van der Waals surface area contributed by atoms with E-state index in [1.54, 1.807) is 16.7 Å². The van der Waals surface area contributed by atoms with Crippen molar-refractivity contribution in [3.63, 3.8) is 0 Å². The lowest BCUT2D eigenvalue weighted by molar-refractivity contribution is -0.116. The number of carbonyl (C=O) groups is 2. The number of nitrogens with zero attached hydrogens (tertiary/aromatic N) is 1. The topological polar surface area (TPSA) is 49.4 Å². The summed E-state index contributed by atoms with van der Waals surface area (Å²) in [6.07, 6.45) is 0. The van der Waals surface area contributed by atoms with Gasteiger partial charge in [0, 0.05) is 23.6 Å². The molecule has 3 rings (SSSR count). The standard InChI is InChI=1S/C16H14N2O2S/c1-10(19)17-12-6-5-9-15-16(12)18(11(2)20)13-7-3-4-8-14(13)21-15/h3-9H,1-2H3,(H,17,19). The smallest absolute Gasteiger partial charge is 0.228 e. The van der Waals surface area contributed by atoms with Crippen molar-refractivity contribution in [3.05, 3.63) is 42.5 Å². The molecule has 0 radical (unpaired) electrons. The van der Waals surface area contributed by atoms with Crippen molar-refractivity contribution < 1.29 is 9.59 Å². The molecule has 0 saturated carbocycles. The van der Waals surface area contributed by atoms with Crippen LogP contribution in [0.4, 0.5) is 17.1 Å². The van der Waals surface area contributed by atoms with Crippen LogP contribution in [0.25, 0.3) is 0 Å². The lowest BCUT2D eigenvalue weighted by Crippen LogP contribution is -2.27. The van der Waals surface area contributed by atoms with Crippen LogP contribution in [0.15, 0.2) is 52.3 Å². The molecule has 0 aromatic heterocycles. The highest BCUT2D eigenvalue weighted by molar-refractivity contribution is 7.99. The van der Waals surface area contributed by atoms with E-state index in [4.69, 9.17) is 0 Å². The molecule has 21 heavy (non-hydrogen) atoms. The minimum Gasteiger partial charge on any atom is -0.324 e. The van der Waals surface area contributed by atoms with Gasteiger partial charge < -0.3 is 5.32 Å². The molecule has 1 heterocycles. The van der Waals surface area contributed by atoms with E-state index in [1.165, 1.54) is 13.8 Å². The summed E-state index contributed by atoms with van der Waals surface area (Å²) < 4.78 is 0. The molecule has 0 aliphatic carbocycles. The van der Waals surface area contributed by atoms with Crippen molar-refractivity contribution in [1.29, 1.82) is 0 Å². The zero-order valence-electron chi connectivity index (χ0n) is 11.7. The molecule has 1 aliphatic heterocycles. The van der Waals surface area contributed by atoms with E-state index in [0.717, 1.165) is 21.2 Å². The van der Waals surface area contributed by atoms with E-state index in [2.05, 4.69) is 5.32 Å². The Morgan fingerprint density at radius 3 is 2.43 bits per heavy atom. The first kappa shape index (κ1) is 13.7. The van der Waals surface area contributed by atoms with Crippen molar-refractivity contribution in [2.24, 2.45) is 0 Å². The second-order valence-electron chi connectivity index (χ2n) is 4.76. The number of fused-ring (bicyclic) bond motifs is 2. The van der Waals surface area contributed by atoms with Crippen molar-refractivity contribution in [1.82, 2.24) is 0 Å². The van der Waals surface area contributed by atoms with E-state index in [9.17, 15) is 9.59 Å². The van der Waals surface area contributed by atoms with Crippen LogP contribution in [0, 0.1) is 0 Å². The fourth-order valence-electron chi connectivity index (χ4n) is 2.42. The van der Waals surface area contributed by atoms with Gasteiger partial charge in [0.2, 0.25) is 11.8 Å². The quantitative estimate of drug-likeness (QED) is 0.871. The van der Waals surface area contributed by atoms with Crippen LogP contribution in [0.3, 0.4) is 0 Å². The molecule has 0 bridgehead atoms. The monoisotopic (exact) mass is 298 g/mol. The molecular weight excluding hydrogens is 284 g/mol. The van der Waals surface area contributed by atoms with Gasteiger partial charge in [-0.2, -0.15) is 0 Å². The summed E-state index contributed by atoms with van der Waals surface area (Å²) in [7, 11) is 0. The fourth-order valence-corrected chi connectivity index (χ4v) is 3.51. The van der Waals surface area contributed by atoms with Crippen molar-refractivity contribution in [2.45, 2.75) is 23.6 Å². The second kappa shape index (κ2) is 5.26. The first-order chi connectivity index (χ1) is 10.1. The third-order valence-electron chi connectivity index (χ3n) is 3.17. The molecule has 0 saturated heterocycles. The van der Waals surface area contributed by atoms with Gasteiger partial charge in [0.05, 0.1) is 17.1 Å². The molecule has 2 aromatic rings. The zero-order valence-corrected chi connectivity index (χ0v) is 12.5. The molecule has 4 nitrogen and oxygen atoms in total. The van der Waals surface area contributed by atoms with Gasteiger partial charge in [-0.25, -0.2) is 0 Å². The largest absolute Gasteiger partial charge is 0.324 e. The predicted molar refractivity (Wildman–Crippen MR) is 84.1 cm³/mol. The molecule has 1 aliphatic rings. The van der Waals surface area contributed by atoms with Gasteiger partial charge in [0.1, 0.15) is 0 Å². The summed E-state index contributed by atoms with van der Waals surface area (Å²) in [4.78, 5) is 27.2. The van der Waals surface area contributed by atoms with Gasteiger partial charge in [-0.3, -0.25) is 14.5 Å². The maximum absolute atomic E-state index is 12.2. The number of para-hydroxylation sites is 2. The van der Waals surface area contributed by atoms with Crippen LogP contribution in [-0.2, 0) is 9.59 Å². The average molecular weight is 298 g/mol. The number of benzene rings is 2. The lowest BCUT2D eigenvalue weighted by atomic mass is 10.2. The van der Waals surface area contributed by atoms with Gasteiger partial charge in [-0.05, 0) is 24.3 Å². The molecule has 0 unspecified atom stereocenters. The Morgan fingerprint density at radius 1 is 1.00 bits per heavy atom. The molecular formula is C16H14N2O2S. The Morgan fingerprint density at radius 2 is 1.71 bits per heavy atom. The lowest BCUT2D eigenvalue weighted by Gasteiger charge is -2.31. The molecule has 2 amide bonds. The fraction of sp³-hybridized carbons (Fsp3) is 0.125. The van der Waals surface area contributed by atoms with Crippen LogP contribution in [0.1, 0.15) is 13.8 Å². The third-order valence-corrected chi connectivity index (χ3v) is 4.29. The summed E-state index contributed by atoms with van der Waals surface area (Å²) in [6, 6.07) is 13.4. The number of hydrogen-bond donors (Lipinski definition) is 1. The molecule has 1 N–H and O–H groups in total. The Bertz CT molecular complexity index is 743. The molecule has 106 valence electrons. The number of anilines is 3. The first-order valence-corrected chi connectivity index (χ1v) is 7.38. The van der Waals surface area contributed by atoms with Gasteiger partial charge >= 0.3 is 0 Å². The minimum atomic E-state index is -0.157. The molecule has 2 aromatic carbocycles. The Labute approximate surface area is 127 Å². The van der Waals surface area contributed by atoms with E-state index < -0.39 is 0 Å². The Hall–Kier alpha value is -2.27. The van der Waals surface area contributed by atoms with E-state index in [1.807, 2.05) is 42.5 Å². The number of nitrogens with one attached hydrogen (secondary N) is 1. The third kappa shape index (κ3) is 2.40. The SMILES string of the molecule is CC(=O)Nc1cccc2c1N(C(C)=O)c1ccccc1S2. The molecule has 0 atom stereocenters. The van der Waals surface area contributed by atoms with E-state index in [-0.39, 0.29) is 11.8 Å². The van der Waals surface area contributed by atoms with Crippen molar-refractivity contribution in [2.75, 3.05) is 10.2 Å². The number of amides is 2. The Balaban J connectivity index is 2.22. The number of rotatable bonds is 1. The van der Waals surface area contributed by atoms with Gasteiger partial charge in [-0.15, -0.1) is 0 Å². The van der Waals surface area contributed by atoms with E-state index >= 15 is 0 Å². The van der Waals surface area contributed by atoms with Crippen molar-refractivity contribution in [3.8, 4) is 0 Å². The normalized spacial score (nSPS) is 12.4. The number of hydrogen-bond acceptors (Lipinski definition) is 3. The van der Waals surface area contributed by atoms with Crippen LogP contribution in [0.2, 0.25) is 0 Å². The maximum atomic E-state index is 12.2. The van der Waals surface area contributed by atoms with E-state index in [0.29, 0.717) is 5.69 Å². The maximum Gasteiger partial charge on any atom is 0.228 e. The van der Waals surface area contributed by atoms with Crippen LogP contribution in [-0.4, -0.2) is 11.8 Å². The highest BCUT2D eigenvalue weighted by Crippen LogP contribution is 2.50. The average Bonchev–Trinajstić information content (AvgIpc) is 2.44.